The van der Waals surface area contributed by atoms with Crippen molar-refractivity contribution in [1.82, 2.24) is 24.9 Å². The molecule has 0 N–H and O–H groups in total. The largest absolute Gasteiger partial charge is 0.338 e. The quantitative estimate of drug-likeness (QED) is 0.478. The average molecular weight is 369 g/mol. The molecule has 0 atom stereocenters. The monoisotopic (exact) mass is 369 g/mol. The zero-order valence-corrected chi connectivity index (χ0v) is 15.1. The Labute approximate surface area is 152 Å². The van der Waals surface area contributed by atoms with Crippen LogP contribution < -0.4 is 0 Å². The summed E-state index contributed by atoms with van der Waals surface area (Å²) in [6, 6.07) is 14.4. The van der Waals surface area contributed by atoms with Crippen LogP contribution in [-0.4, -0.2) is 24.9 Å². The number of thiophene rings is 1. The first-order chi connectivity index (χ1) is 12.3. The Morgan fingerprint density at radius 3 is 2.72 bits per heavy atom. The van der Waals surface area contributed by atoms with Crippen LogP contribution in [0, 0.1) is 6.92 Å². The Bertz CT molecular complexity index is 947. The van der Waals surface area contributed by atoms with Crippen LogP contribution in [0.2, 0.25) is 0 Å². The van der Waals surface area contributed by atoms with E-state index in [-0.39, 0.29) is 0 Å². The summed E-state index contributed by atoms with van der Waals surface area (Å²) >= 11 is 3.21. The third-order valence-electron chi connectivity index (χ3n) is 3.54. The fourth-order valence-corrected chi connectivity index (χ4v) is 3.91. The van der Waals surface area contributed by atoms with E-state index < -0.39 is 0 Å². The van der Waals surface area contributed by atoms with E-state index in [1.54, 1.807) is 23.1 Å². The minimum absolute atomic E-state index is 0.568. The smallest absolute Gasteiger partial charge is 0.237 e. The molecule has 6 nitrogen and oxygen atoms in total. The van der Waals surface area contributed by atoms with Gasteiger partial charge in [0.25, 0.3) is 0 Å². The van der Waals surface area contributed by atoms with Crippen LogP contribution in [0.5, 0.6) is 0 Å². The number of hydrogen-bond acceptors (Lipinski definition) is 7. The van der Waals surface area contributed by atoms with Crippen molar-refractivity contribution in [1.29, 1.82) is 0 Å². The molecule has 8 heteroatoms. The standard InChI is InChI=1S/C17H15N5OS2/c1-12-18-15(23-21-12)11-25-17-20-19-16(14-8-5-9-24-14)22(17)10-13-6-3-2-4-7-13/h2-9H,10-11H2,1H3. The predicted octanol–water partition coefficient (Wildman–Crippen LogP) is 4.04. The molecule has 0 fully saturated rings. The second kappa shape index (κ2) is 7.20. The van der Waals surface area contributed by atoms with Gasteiger partial charge in [-0.3, -0.25) is 4.57 Å². The third-order valence-corrected chi connectivity index (χ3v) is 5.35. The molecule has 3 aromatic heterocycles. The van der Waals surface area contributed by atoms with Crippen molar-refractivity contribution >= 4 is 23.1 Å². The van der Waals surface area contributed by atoms with Crippen LogP contribution in [0.15, 0.2) is 57.5 Å². The van der Waals surface area contributed by atoms with Gasteiger partial charge in [-0.2, -0.15) is 4.98 Å². The summed E-state index contributed by atoms with van der Waals surface area (Å²) in [5.74, 6) is 2.68. The zero-order valence-electron chi connectivity index (χ0n) is 13.5. The first-order valence-corrected chi connectivity index (χ1v) is 9.59. The van der Waals surface area contributed by atoms with E-state index in [9.17, 15) is 0 Å². The number of aromatic nitrogens is 5. The zero-order chi connectivity index (χ0) is 17.1. The summed E-state index contributed by atoms with van der Waals surface area (Å²) in [7, 11) is 0. The van der Waals surface area contributed by atoms with Crippen molar-refractivity contribution in [3.8, 4) is 10.7 Å². The predicted molar refractivity (Wildman–Crippen MR) is 97.5 cm³/mol. The summed E-state index contributed by atoms with van der Waals surface area (Å²) in [5.41, 5.74) is 1.20. The van der Waals surface area contributed by atoms with Gasteiger partial charge < -0.3 is 4.52 Å². The summed E-state index contributed by atoms with van der Waals surface area (Å²) in [5, 5.41) is 15.5. The lowest BCUT2D eigenvalue weighted by Gasteiger charge is -2.09. The Morgan fingerprint density at radius 2 is 2.00 bits per heavy atom. The Kier molecular flexibility index (Phi) is 4.62. The summed E-state index contributed by atoms with van der Waals surface area (Å²) in [6.07, 6.45) is 0. The number of aryl methyl sites for hydroxylation is 1. The number of thioether (sulfide) groups is 1. The van der Waals surface area contributed by atoms with Gasteiger partial charge in [0, 0.05) is 0 Å². The van der Waals surface area contributed by atoms with Crippen molar-refractivity contribution in [3.63, 3.8) is 0 Å². The molecule has 0 unspecified atom stereocenters. The van der Waals surface area contributed by atoms with Crippen molar-refractivity contribution in [2.24, 2.45) is 0 Å². The van der Waals surface area contributed by atoms with Gasteiger partial charge in [-0.05, 0) is 23.9 Å². The van der Waals surface area contributed by atoms with Crippen LogP contribution >= 0.6 is 23.1 Å². The van der Waals surface area contributed by atoms with E-state index in [4.69, 9.17) is 4.52 Å². The van der Waals surface area contributed by atoms with Crippen LogP contribution in [0.3, 0.4) is 0 Å². The van der Waals surface area contributed by atoms with Gasteiger partial charge in [0.05, 0.1) is 17.2 Å². The molecule has 0 saturated heterocycles. The number of rotatable bonds is 6. The van der Waals surface area contributed by atoms with Gasteiger partial charge in [-0.15, -0.1) is 21.5 Å². The van der Waals surface area contributed by atoms with E-state index in [1.807, 2.05) is 36.6 Å². The fraction of sp³-hybridized carbons (Fsp3) is 0.176. The highest BCUT2D eigenvalue weighted by molar-refractivity contribution is 7.98. The molecule has 25 heavy (non-hydrogen) atoms. The van der Waals surface area contributed by atoms with E-state index in [2.05, 4.69) is 43.1 Å². The molecule has 0 radical (unpaired) electrons. The maximum absolute atomic E-state index is 5.19. The first kappa shape index (κ1) is 16.0. The Hall–Kier alpha value is -2.45. The molecule has 4 rings (SSSR count). The average Bonchev–Trinajstić information content (AvgIpc) is 3.35. The van der Waals surface area contributed by atoms with Gasteiger partial charge >= 0.3 is 0 Å². The van der Waals surface area contributed by atoms with Crippen LogP contribution in [0.4, 0.5) is 0 Å². The normalized spacial score (nSPS) is 11.1. The van der Waals surface area contributed by atoms with Crippen molar-refractivity contribution in [3.05, 3.63) is 65.1 Å². The molecule has 0 aliphatic heterocycles. The Morgan fingerprint density at radius 1 is 1.12 bits per heavy atom. The van der Waals surface area contributed by atoms with Gasteiger partial charge in [0.2, 0.25) is 5.89 Å². The molecule has 0 amide bonds. The summed E-state index contributed by atoms with van der Waals surface area (Å²) in [4.78, 5) is 5.34. The minimum atomic E-state index is 0.568. The minimum Gasteiger partial charge on any atom is -0.338 e. The SMILES string of the molecule is Cc1noc(CSc2nnc(-c3cccs3)n2Cc2ccccc2)n1. The maximum atomic E-state index is 5.19. The third kappa shape index (κ3) is 3.64. The first-order valence-electron chi connectivity index (χ1n) is 7.72. The van der Waals surface area contributed by atoms with Gasteiger partial charge in [-0.25, -0.2) is 0 Å². The Balaban J connectivity index is 1.63. The van der Waals surface area contributed by atoms with Gasteiger partial charge in [-0.1, -0.05) is 53.3 Å². The summed E-state index contributed by atoms with van der Waals surface area (Å²) < 4.78 is 7.32. The molecule has 0 aliphatic carbocycles. The molecule has 1 aromatic carbocycles. The van der Waals surface area contributed by atoms with Crippen LogP contribution in [-0.2, 0) is 12.3 Å². The molecule has 0 saturated carbocycles. The highest BCUT2D eigenvalue weighted by Crippen LogP contribution is 2.29. The fourth-order valence-electron chi connectivity index (χ4n) is 2.42. The van der Waals surface area contributed by atoms with E-state index in [0.29, 0.717) is 24.0 Å². The highest BCUT2D eigenvalue weighted by Gasteiger charge is 2.16. The molecule has 0 bridgehead atoms. The van der Waals surface area contributed by atoms with E-state index in [1.165, 1.54) is 5.56 Å². The van der Waals surface area contributed by atoms with Gasteiger partial charge in [0.1, 0.15) is 0 Å². The van der Waals surface area contributed by atoms with Gasteiger partial charge in [0.15, 0.2) is 16.8 Å². The molecular formula is C17H15N5OS2. The molecule has 3 heterocycles. The van der Waals surface area contributed by atoms with Crippen molar-refractivity contribution < 1.29 is 4.52 Å². The maximum Gasteiger partial charge on any atom is 0.237 e. The van der Waals surface area contributed by atoms with Crippen LogP contribution in [0.25, 0.3) is 10.7 Å². The number of benzene rings is 1. The number of hydrogen-bond donors (Lipinski definition) is 0. The lowest BCUT2D eigenvalue weighted by molar-refractivity contribution is 0.387. The molecular weight excluding hydrogens is 354 g/mol. The van der Waals surface area contributed by atoms with E-state index in [0.717, 1.165) is 15.9 Å². The second-order valence-electron chi connectivity index (χ2n) is 5.38. The molecule has 0 spiro atoms. The summed E-state index contributed by atoms with van der Waals surface area (Å²) in [6.45, 7) is 2.52. The lowest BCUT2D eigenvalue weighted by Crippen LogP contribution is -2.03. The van der Waals surface area contributed by atoms with Crippen molar-refractivity contribution in [2.75, 3.05) is 0 Å². The molecule has 126 valence electrons. The highest BCUT2D eigenvalue weighted by atomic mass is 32.2. The van der Waals surface area contributed by atoms with Crippen molar-refractivity contribution in [2.45, 2.75) is 24.4 Å². The lowest BCUT2D eigenvalue weighted by atomic mass is 10.2. The topological polar surface area (TPSA) is 69.6 Å². The van der Waals surface area contributed by atoms with E-state index >= 15 is 0 Å². The second-order valence-corrected chi connectivity index (χ2v) is 7.27. The molecule has 4 aromatic rings. The number of nitrogens with zero attached hydrogens (tertiary/aromatic N) is 5. The molecule has 0 aliphatic rings. The van der Waals surface area contributed by atoms with Crippen LogP contribution in [0.1, 0.15) is 17.3 Å².